The van der Waals surface area contributed by atoms with E-state index in [4.69, 9.17) is 0 Å². The zero-order valence-corrected chi connectivity index (χ0v) is 27.6. The normalized spacial score (nSPS) is 12.0. The van der Waals surface area contributed by atoms with E-state index in [9.17, 15) is 18.0 Å². The first-order valence-corrected chi connectivity index (χ1v) is 16.9. The second-order valence-electron chi connectivity index (χ2n) is 10.9. The summed E-state index contributed by atoms with van der Waals surface area (Å²) in [5.41, 5.74) is 3.09. The molecule has 0 spiro atoms. The zero-order chi connectivity index (χ0) is 31.7. The van der Waals surface area contributed by atoms with Crippen LogP contribution in [-0.2, 0) is 39.0 Å². The van der Waals surface area contributed by atoms with Gasteiger partial charge in [0.2, 0.25) is 11.8 Å². The van der Waals surface area contributed by atoms with Crippen molar-refractivity contribution in [2.45, 2.75) is 57.1 Å². The molecule has 0 aliphatic rings. The van der Waals surface area contributed by atoms with Gasteiger partial charge in [-0.05, 0) is 73.4 Å². The van der Waals surface area contributed by atoms with Gasteiger partial charge in [-0.3, -0.25) is 13.9 Å². The Balaban J connectivity index is 1.80. The molecule has 0 aliphatic carbocycles. The molecule has 44 heavy (non-hydrogen) atoms. The van der Waals surface area contributed by atoms with Gasteiger partial charge >= 0.3 is 0 Å². The van der Waals surface area contributed by atoms with Crippen LogP contribution in [0.3, 0.4) is 0 Å². The molecule has 0 saturated heterocycles. The number of amides is 2. The number of nitrogens with one attached hydrogen (secondary N) is 1. The maximum atomic E-state index is 14.5. The third-order valence-electron chi connectivity index (χ3n) is 7.19. The van der Waals surface area contributed by atoms with E-state index in [2.05, 4.69) is 21.2 Å². The van der Waals surface area contributed by atoms with Crippen molar-refractivity contribution in [1.82, 2.24) is 10.2 Å². The zero-order valence-electron chi connectivity index (χ0n) is 25.2. The van der Waals surface area contributed by atoms with E-state index in [0.29, 0.717) is 5.69 Å². The van der Waals surface area contributed by atoms with E-state index in [-0.39, 0.29) is 29.8 Å². The number of benzene rings is 4. The van der Waals surface area contributed by atoms with Gasteiger partial charge in [-0.25, -0.2) is 8.42 Å². The van der Waals surface area contributed by atoms with Crippen molar-refractivity contribution < 1.29 is 18.0 Å². The van der Waals surface area contributed by atoms with Gasteiger partial charge < -0.3 is 10.2 Å². The van der Waals surface area contributed by atoms with Crippen molar-refractivity contribution in [3.63, 3.8) is 0 Å². The summed E-state index contributed by atoms with van der Waals surface area (Å²) in [5.74, 6) is -0.805. The number of anilines is 1. The van der Waals surface area contributed by atoms with Crippen molar-refractivity contribution in [2.75, 3.05) is 10.8 Å². The number of halogens is 1. The van der Waals surface area contributed by atoms with Crippen LogP contribution >= 0.6 is 15.9 Å². The number of rotatable bonds is 13. The molecular formula is C35H38BrN3O4S. The number of aryl methyl sites for hydroxylation is 1. The highest BCUT2D eigenvalue weighted by atomic mass is 79.9. The summed E-state index contributed by atoms with van der Waals surface area (Å²) >= 11 is 3.51. The first kappa shape index (κ1) is 33.0. The number of carbonyl (C=O) groups excluding carboxylic acids is 2. The molecule has 0 unspecified atom stereocenters. The second-order valence-corrected chi connectivity index (χ2v) is 13.6. The van der Waals surface area contributed by atoms with Crippen molar-refractivity contribution in [3.05, 3.63) is 130 Å². The van der Waals surface area contributed by atoms with E-state index in [0.717, 1.165) is 31.9 Å². The predicted octanol–water partition coefficient (Wildman–Crippen LogP) is 6.37. The molecule has 0 heterocycles. The van der Waals surface area contributed by atoms with Gasteiger partial charge in [0.25, 0.3) is 10.0 Å². The Morgan fingerprint density at radius 3 is 2.00 bits per heavy atom. The highest BCUT2D eigenvalue weighted by Gasteiger charge is 2.34. The molecule has 4 aromatic carbocycles. The Hall–Kier alpha value is -3.95. The molecule has 9 heteroatoms. The van der Waals surface area contributed by atoms with E-state index in [1.54, 1.807) is 30.3 Å². The molecule has 7 nitrogen and oxygen atoms in total. The first-order valence-electron chi connectivity index (χ1n) is 14.6. The number of sulfonamides is 1. The quantitative estimate of drug-likeness (QED) is 0.178. The number of hydrogen-bond acceptors (Lipinski definition) is 4. The minimum atomic E-state index is -4.13. The fraction of sp³-hybridized carbons (Fsp3) is 0.257. The lowest BCUT2D eigenvalue weighted by atomic mass is 10.0. The molecule has 0 aromatic heterocycles. The Morgan fingerprint density at radius 1 is 0.795 bits per heavy atom. The lowest BCUT2D eigenvalue weighted by Crippen LogP contribution is -2.54. The molecule has 0 radical (unpaired) electrons. The second kappa shape index (κ2) is 15.2. The van der Waals surface area contributed by atoms with Crippen LogP contribution in [0.25, 0.3) is 0 Å². The molecule has 0 aliphatic heterocycles. The van der Waals surface area contributed by atoms with E-state index in [1.165, 1.54) is 17.0 Å². The fourth-order valence-electron chi connectivity index (χ4n) is 4.91. The minimum Gasteiger partial charge on any atom is -0.352 e. The summed E-state index contributed by atoms with van der Waals surface area (Å²) in [6.45, 7) is 5.37. The SMILES string of the molecule is CCc1ccc(N(CC(=O)N(Cc2cccc(Br)c2)[C@@H](Cc2ccccc2)C(=O)NC(C)C)S(=O)(=O)c2ccccc2)cc1. The topological polar surface area (TPSA) is 86.8 Å². The van der Waals surface area contributed by atoms with Crippen LogP contribution in [0, 0.1) is 0 Å². The van der Waals surface area contributed by atoms with Crippen molar-refractivity contribution in [3.8, 4) is 0 Å². The number of hydrogen-bond donors (Lipinski definition) is 1. The van der Waals surface area contributed by atoms with Gasteiger partial charge in [0.05, 0.1) is 10.6 Å². The maximum absolute atomic E-state index is 14.5. The van der Waals surface area contributed by atoms with Gasteiger partial charge in [0.15, 0.2) is 0 Å². The molecule has 1 N–H and O–H groups in total. The molecule has 0 fully saturated rings. The van der Waals surface area contributed by atoms with Crippen molar-refractivity contribution >= 4 is 43.5 Å². The summed E-state index contributed by atoms with van der Waals surface area (Å²) in [4.78, 5) is 29.8. The van der Waals surface area contributed by atoms with E-state index in [1.807, 2.05) is 87.5 Å². The highest BCUT2D eigenvalue weighted by Crippen LogP contribution is 2.26. The van der Waals surface area contributed by atoms with E-state index < -0.39 is 28.5 Å². The lowest BCUT2D eigenvalue weighted by Gasteiger charge is -2.34. The molecule has 4 rings (SSSR count). The summed E-state index contributed by atoms with van der Waals surface area (Å²) < 4.78 is 30.1. The summed E-state index contributed by atoms with van der Waals surface area (Å²) in [7, 11) is -4.13. The fourth-order valence-corrected chi connectivity index (χ4v) is 6.79. The third-order valence-corrected chi connectivity index (χ3v) is 9.47. The standard InChI is InChI=1S/C35H38BrN3O4S/c1-4-27-18-20-31(21-19-27)39(44(42,43)32-16-9-6-10-17-32)25-34(40)38(24-29-14-11-15-30(36)22-29)33(35(41)37-26(2)3)23-28-12-7-5-8-13-28/h5-22,26,33H,4,23-25H2,1-3H3,(H,37,41)/t33-/m0/s1. The van der Waals surface area contributed by atoms with Gasteiger partial charge in [-0.2, -0.15) is 0 Å². The predicted molar refractivity (Wildman–Crippen MR) is 179 cm³/mol. The first-order chi connectivity index (χ1) is 21.1. The number of nitrogens with zero attached hydrogens (tertiary/aromatic N) is 2. The molecule has 4 aromatic rings. The Bertz CT molecular complexity index is 1650. The molecule has 1 atom stereocenters. The lowest BCUT2D eigenvalue weighted by molar-refractivity contribution is -0.140. The van der Waals surface area contributed by atoms with E-state index >= 15 is 0 Å². The summed E-state index contributed by atoms with van der Waals surface area (Å²) in [6.07, 6.45) is 1.05. The van der Waals surface area contributed by atoms with Gasteiger partial charge in [0.1, 0.15) is 12.6 Å². The third kappa shape index (κ3) is 8.57. The smallest absolute Gasteiger partial charge is 0.264 e. The van der Waals surface area contributed by atoms with Crippen LogP contribution in [0.15, 0.2) is 119 Å². The average molecular weight is 677 g/mol. The van der Waals surface area contributed by atoms with Crippen LogP contribution in [0.5, 0.6) is 0 Å². The maximum Gasteiger partial charge on any atom is 0.264 e. The Labute approximate surface area is 269 Å². The largest absolute Gasteiger partial charge is 0.352 e. The van der Waals surface area contributed by atoms with Crippen LogP contribution in [0.1, 0.15) is 37.5 Å². The summed E-state index contributed by atoms with van der Waals surface area (Å²) in [5, 5.41) is 2.98. The van der Waals surface area contributed by atoms with Crippen molar-refractivity contribution in [1.29, 1.82) is 0 Å². The Kier molecular flexibility index (Phi) is 11.4. The van der Waals surface area contributed by atoms with Crippen molar-refractivity contribution in [2.24, 2.45) is 0 Å². The van der Waals surface area contributed by atoms with Crippen LogP contribution in [-0.4, -0.2) is 43.8 Å². The molecule has 0 saturated carbocycles. The highest BCUT2D eigenvalue weighted by molar-refractivity contribution is 9.10. The Morgan fingerprint density at radius 2 is 1.41 bits per heavy atom. The van der Waals surface area contributed by atoms with Crippen LogP contribution in [0.4, 0.5) is 5.69 Å². The summed E-state index contributed by atoms with van der Waals surface area (Å²) in [6, 6.07) is 31.2. The van der Waals surface area contributed by atoms with Crippen LogP contribution < -0.4 is 9.62 Å². The molecule has 230 valence electrons. The van der Waals surface area contributed by atoms with Crippen LogP contribution in [0.2, 0.25) is 0 Å². The average Bonchev–Trinajstić information content (AvgIpc) is 3.02. The van der Waals surface area contributed by atoms with Gasteiger partial charge in [-0.1, -0.05) is 95.7 Å². The molecule has 2 amide bonds. The monoisotopic (exact) mass is 675 g/mol. The minimum absolute atomic E-state index is 0.0734. The van der Waals surface area contributed by atoms with Gasteiger partial charge in [-0.15, -0.1) is 0 Å². The number of carbonyl (C=O) groups is 2. The van der Waals surface area contributed by atoms with Gasteiger partial charge in [0, 0.05) is 23.5 Å². The molecule has 0 bridgehead atoms. The molecular weight excluding hydrogens is 638 g/mol.